The maximum atomic E-state index is 13.6. The molecule has 11 heteroatoms. The number of carbonyl (C=O) groups is 4. The molecule has 2 N–H and O–H groups in total. The Hall–Kier alpha value is -3.86. The molecular weight excluding hydrogens is 453 g/mol. The highest BCUT2D eigenvalue weighted by atomic mass is 32.2. The Labute approximate surface area is 191 Å². The van der Waals surface area contributed by atoms with Gasteiger partial charge in [-0.2, -0.15) is 0 Å². The minimum absolute atomic E-state index is 0.00372. The molecule has 0 bridgehead atoms. The van der Waals surface area contributed by atoms with Crippen molar-refractivity contribution in [3.8, 4) is 11.5 Å². The highest BCUT2D eigenvalue weighted by Gasteiger charge is 2.34. The Balaban J connectivity index is 1.26. The smallest absolute Gasteiger partial charge is 0.293 e. The van der Waals surface area contributed by atoms with Gasteiger partial charge in [0.15, 0.2) is 11.5 Å². The summed E-state index contributed by atoms with van der Waals surface area (Å²) in [5.41, 5.74) is 0.515. The van der Waals surface area contributed by atoms with Gasteiger partial charge in [-0.1, -0.05) is 18.2 Å². The lowest BCUT2D eigenvalue weighted by Gasteiger charge is -2.13. The number of carbonyl (C=O) groups excluding carboxylic acids is 4. The number of amides is 4. The van der Waals surface area contributed by atoms with Crippen LogP contribution < -0.4 is 20.1 Å². The van der Waals surface area contributed by atoms with E-state index in [1.54, 1.807) is 24.3 Å². The first-order chi connectivity index (χ1) is 15.9. The monoisotopic (exact) mass is 471 g/mol. The fourth-order valence-corrected chi connectivity index (χ4v) is 3.98. The van der Waals surface area contributed by atoms with Gasteiger partial charge in [0.05, 0.1) is 17.0 Å². The van der Waals surface area contributed by atoms with Crippen molar-refractivity contribution in [1.29, 1.82) is 0 Å². The van der Waals surface area contributed by atoms with Crippen molar-refractivity contribution in [2.45, 2.75) is 0 Å². The summed E-state index contributed by atoms with van der Waals surface area (Å²) in [4.78, 5) is 50.0. The van der Waals surface area contributed by atoms with Gasteiger partial charge in [-0.3, -0.25) is 24.1 Å². The van der Waals surface area contributed by atoms with Crippen molar-refractivity contribution in [1.82, 2.24) is 15.5 Å². The van der Waals surface area contributed by atoms with Crippen LogP contribution >= 0.6 is 11.8 Å². The summed E-state index contributed by atoms with van der Waals surface area (Å²) in [5, 5.41) is 4.38. The fourth-order valence-electron chi connectivity index (χ4n) is 3.12. The predicted molar refractivity (Wildman–Crippen MR) is 117 cm³/mol. The first-order valence-electron chi connectivity index (χ1n) is 9.87. The zero-order valence-corrected chi connectivity index (χ0v) is 17.9. The minimum Gasteiger partial charge on any atom is -0.454 e. The summed E-state index contributed by atoms with van der Waals surface area (Å²) >= 11 is 0.803. The molecule has 2 aliphatic rings. The van der Waals surface area contributed by atoms with Crippen LogP contribution in [0.4, 0.5) is 9.18 Å². The normalized spacial score (nSPS) is 15.8. The third-order valence-electron chi connectivity index (χ3n) is 4.75. The summed E-state index contributed by atoms with van der Waals surface area (Å²) in [6.07, 6.45) is 1.59. The standard InChI is InChI=1S/C22H18FN3O6S/c23-15-4-2-1-3-14(15)20(28)25-11-19(27)24-7-8-26-21(29)18(33-22(26)30)10-13-5-6-16-17(9-13)32-12-31-16/h1-6,9-10H,7-8,11-12H2,(H,24,27)(H,25,28)/b18-10-. The average Bonchev–Trinajstić information content (AvgIpc) is 3.37. The van der Waals surface area contributed by atoms with Crippen LogP contribution in [0.1, 0.15) is 15.9 Å². The van der Waals surface area contributed by atoms with Gasteiger partial charge in [0, 0.05) is 13.1 Å². The Morgan fingerprint density at radius 3 is 2.70 bits per heavy atom. The molecule has 33 heavy (non-hydrogen) atoms. The largest absolute Gasteiger partial charge is 0.454 e. The summed E-state index contributed by atoms with van der Waals surface area (Å²) in [6.45, 7) is -0.271. The number of ether oxygens (including phenoxy) is 2. The average molecular weight is 471 g/mol. The molecular formula is C22H18FN3O6S. The Morgan fingerprint density at radius 2 is 1.88 bits per heavy atom. The van der Waals surface area contributed by atoms with Crippen LogP contribution in [0.5, 0.6) is 11.5 Å². The van der Waals surface area contributed by atoms with Gasteiger partial charge in [0.1, 0.15) is 5.82 Å². The molecule has 2 heterocycles. The van der Waals surface area contributed by atoms with Crippen molar-refractivity contribution < 1.29 is 33.0 Å². The van der Waals surface area contributed by atoms with Gasteiger partial charge in [-0.05, 0) is 47.7 Å². The number of thioether (sulfide) groups is 1. The van der Waals surface area contributed by atoms with Gasteiger partial charge in [0.2, 0.25) is 12.7 Å². The highest BCUT2D eigenvalue weighted by molar-refractivity contribution is 8.18. The molecule has 0 saturated carbocycles. The number of halogens is 1. The van der Waals surface area contributed by atoms with Crippen LogP contribution in [0.2, 0.25) is 0 Å². The zero-order chi connectivity index (χ0) is 23.4. The second-order valence-corrected chi connectivity index (χ2v) is 7.95. The van der Waals surface area contributed by atoms with E-state index in [0.29, 0.717) is 17.1 Å². The number of nitrogens with one attached hydrogen (secondary N) is 2. The zero-order valence-electron chi connectivity index (χ0n) is 17.1. The lowest BCUT2D eigenvalue weighted by molar-refractivity contribution is -0.124. The van der Waals surface area contributed by atoms with Gasteiger partial charge in [-0.25, -0.2) is 4.39 Å². The lowest BCUT2D eigenvalue weighted by Crippen LogP contribution is -2.41. The molecule has 4 amide bonds. The number of imide groups is 1. The van der Waals surface area contributed by atoms with E-state index >= 15 is 0 Å². The maximum absolute atomic E-state index is 13.6. The van der Waals surface area contributed by atoms with Crippen LogP contribution in [0.15, 0.2) is 47.4 Å². The summed E-state index contributed by atoms with van der Waals surface area (Å²) in [7, 11) is 0. The Bertz CT molecular complexity index is 1170. The second-order valence-electron chi connectivity index (χ2n) is 6.96. The maximum Gasteiger partial charge on any atom is 0.293 e. The van der Waals surface area contributed by atoms with Crippen molar-refractivity contribution in [3.05, 3.63) is 64.3 Å². The van der Waals surface area contributed by atoms with E-state index in [9.17, 15) is 23.6 Å². The number of rotatable bonds is 7. The molecule has 0 spiro atoms. The molecule has 0 radical (unpaired) electrons. The van der Waals surface area contributed by atoms with Crippen molar-refractivity contribution >= 4 is 40.8 Å². The van der Waals surface area contributed by atoms with Gasteiger partial charge >= 0.3 is 0 Å². The number of fused-ring (bicyclic) bond motifs is 1. The molecule has 0 atom stereocenters. The fraction of sp³-hybridized carbons (Fsp3) is 0.182. The molecule has 2 aromatic rings. The number of hydrogen-bond acceptors (Lipinski definition) is 7. The van der Waals surface area contributed by atoms with Gasteiger partial charge in [-0.15, -0.1) is 0 Å². The molecule has 4 rings (SSSR count). The van der Waals surface area contributed by atoms with Crippen LogP contribution in [-0.2, 0) is 9.59 Å². The number of hydrogen-bond donors (Lipinski definition) is 2. The first kappa shape index (κ1) is 22.3. The van der Waals surface area contributed by atoms with Crippen molar-refractivity contribution in [2.24, 2.45) is 0 Å². The summed E-state index contributed by atoms with van der Waals surface area (Å²) in [5.74, 6) is -1.24. The number of nitrogens with zero attached hydrogens (tertiary/aromatic N) is 1. The van der Waals surface area contributed by atoms with E-state index in [-0.39, 0.29) is 36.9 Å². The molecule has 170 valence electrons. The van der Waals surface area contributed by atoms with Crippen molar-refractivity contribution in [3.63, 3.8) is 0 Å². The third-order valence-corrected chi connectivity index (χ3v) is 5.66. The number of benzene rings is 2. The van der Waals surface area contributed by atoms with E-state index in [0.717, 1.165) is 22.7 Å². The molecule has 2 aromatic carbocycles. The SMILES string of the molecule is O=C(CNC(=O)c1ccccc1F)NCCN1C(=O)S/C(=C\c2ccc3c(c2)OCO3)C1=O. The molecule has 2 aliphatic heterocycles. The third kappa shape index (κ3) is 5.14. The van der Waals surface area contributed by atoms with Gasteiger partial charge < -0.3 is 20.1 Å². The predicted octanol–water partition coefficient (Wildman–Crippen LogP) is 2.14. The highest BCUT2D eigenvalue weighted by Crippen LogP contribution is 2.36. The quantitative estimate of drug-likeness (QED) is 0.595. The lowest BCUT2D eigenvalue weighted by atomic mass is 10.2. The Morgan fingerprint density at radius 1 is 1.09 bits per heavy atom. The van der Waals surface area contributed by atoms with Crippen LogP contribution in [0.25, 0.3) is 6.08 Å². The topological polar surface area (TPSA) is 114 Å². The summed E-state index contributed by atoms with van der Waals surface area (Å²) < 4.78 is 24.1. The molecule has 0 aromatic heterocycles. The second kappa shape index (κ2) is 9.74. The Kier molecular flexibility index (Phi) is 6.59. The molecule has 9 nitrogen and oxygen atoms in total. The van der Waals surface area contributed by atoms with E-state index < -0.39 is 28.8 Å². The summed E-state index contributed by atoms with van der Waals surface area (Å²) in [6, 6.07) is 10.6. The molecule has 0 aliphatic carbocycles. The molecule has 0 unspecified atom stereocenters. The van der Waals surface area contributed by atoms with E-state index in [2.05, 4.69) is 10.6 Å². The van der Waals surface area contributed by atoms with E-state index in [4.69, 9.17) is 9.47 Å². The van der Waals surface area contributed by atoms with Gasteiger partial charge in [0.25, 0.3) is 17.1 Å². The first-order valence-corrected chi connectivity index (χ1v) is 10.7. The molecule has 1 saturated heterocycles. The van der Waals surface area contributed by atoms with Crippen LogP contribution in [-0.4, -0.2) is 54.3 Å². The minimum atomic E-state index is -0.720. The van der Waals surface area contributed by atoms with E-state index in [1.165, 1.54) is 18.2 Å². The van der Waals surface area contributed by atoms with E-state index in [1.807, 2.05) is 0 Å². The van der Waals surface area contributed by atoms with Crippen molar-refractivity contribution in [2.75, 3.05) is 26.4 Å². The van der Waals surface area contributed by atoms with Crippen LogP contribution in [0.3, 0.4) is 0 Å². The van der Waals surface area contributed by atoms with Crippen LogP contribution in [0, 0.1) is 5.82 Å². The molecule has 1 fully saturated rings.